The number of amides is 1. The highest BCUT2D eigenvalue weighted by Crippen LogP contribution is 2.36. The molecule has 0 aliphatic carbocycles. The topological polar surface area (TPSA) is 115 Å². The van der Waals surface area contributed by atoms with Crippen LogP contribution in [0.25, 0.3) is 5.76 Å². The van der Waals surface area contributed by atoms with Crippen molar-refractivity contribution < 1.29 is 27.5 Å². The number of esters is 1. The van der Waals surface area contributed by atoms with Gasteiger partial charge in [0, 0.05) is 18.8 Å². The van der Waals surface area contributed by atoms with Crippen LogP contribution in [0.15, 0.2) is 89.6 Å². The number of nitrogens with zero attached hydrogens (tertiary/aromatic N) is 2. The highest BCUT2D eigenvalue weighted by Gasteiger charge is 2.39. The Bertz CT molecular complexity index is 1320. The Morgan fingerprint density at radius 2 is 1.67 bits per heavy atom. The molecule has 9 nitrogen and oxygen atoms in total. The van der Waals surface area contributed by atoms with Crippen LogP contribution in [-0.2, 0) is 24.3 Å². The smallest absolute Gasteiger partial charge is 0.340 e. The zero-order valence-corrected chi connectivity index (χ0v) is 18.3. The summed E-state index contributed by atoms with van der Waals surface area (Å²) in [6, 6.07) is 19.3. The first-order valence-corrected chi connectivity index (χ1v) is 11.2. The van der Waals surface area contributed by atoms with Gasteiger partial charge >= 0.3 is 5.97 Å². The molecule has 168 valence electrons. The van der Waals surface area contributed by atoms with E-state index in [4.69, 9.17) is 9.47 Å². The van der Waals surface area contributed by atoms with Crippen molar-refractivity contribution in [1.29, 1.82) is 0 Å². The molecule has 0 bridgehead atoms. The Kier molecular flexibility index (Phi) is 6.09. The molecule has 0 spiro atoms. The van der Waals surface area contributed by atoms with Crippen LogP contribution >= 0.6 is 0 Å². The maximum atomic E-state index is 13.1. The Balaban J connectivity index is 1.68. The Morgan fingerprint density at radius 1 is 0.970 bits per heavy atom. The number of sulfonamides is 1. The molecule has 1 N–H and O–H groups in total. The lowest BCUT2D eigenvalue weighted by Gasteiger charge is -2.30. The molecule has 2 aromatic carbocycles. The maximum Gasteiger partial charge on any atom is 0.340 e. The summed E-state index contributed by atoms with van der Waals surface area (Å²) in [7, 11) is -2.77. The third kappa shape index (κ3) is 4.41. The first-order chi connectivity index (χ1) is 15.9. The maximum absolute atomic E-state index is 13.1. The zero-order valence-electron chi connectivity index (χ0n) is 17.5. The van der Waals surface area contributed by atoms with Gasteiger partial charge in [0.2, 0.25) is 6.79 Å². The molecule has 2 heterocycles. The van der Waals surface area contributed by atoms with E-state index in [1.54, 1.807) is 60.7 Å². The molecule has 0 saturated carbocycles. The van der Waals surface area contributed by atoms with Crippen molar-refractivity contribution >= 4 is 33.5 Å². The minimum absolute atomic E-state index is 0.0359. The summed E-state index contributed by atoms with van der Waals surface area (Å²) >= 11 is 0. The van der Waals surface area contributed by atoms with E-state index in [2.05, 4.69) is 10.3 Å². The van der Waals surface area contributed by atoms with Gasteiger partial charge in [-0.25, -0.2) is 18.2 Å². The standard InChI is InChI=1S/C23H19N3O6S/c1-26-20(22(27)25-19-13-7-8-14-24-19)21(17-11-5-6-12-18(17)33(26,29)30)31-15-32-23(28)16-9-3-2-4-10-16/h2-14H,15H2,1H3,(H,24,25,27). The summed E-state index contributed by atoms with van der Waals surface area (Å²) in [4.78, 5) is 29.3. The third-order valence-corrected chi connectivity index (χ3v) is 6.64. The number of rotatable bonds is 6. The molecule has 0 saturated heterocycles. The summed E-state index contributed by atoms with van der Waals surface area (Å²) in [5, 5.41) is 2.56. The van der Waals surface area contributed by atoms with E-state index in [0.717, 1.165) is 4.31 Å². The molecule has 33 heavy (non-hydrogen) atoms. The summed E-state index contributed by atoms with van der Waals surface area (Å²) in [5.41, 5.74) is 0.236. The molecule has 4 rings (SSSR count). The van der Waals surface area contributed by atoms with Crippen LogP contribution in [0.3, 0.4) is 0 Å². The van der Waals surface area contributed by atoms with Gasteiger partial charge in [0.05, 0.1) is 10.5 Å². The SMILES string of the molecule is CN1C(C(=O)Nc2ccccn2)=C(OCOC(=O)c2ccccc2)c2ccccc2S1(=O)=O. The number of benzene rings is 2. The van der Waals surface area contributed by atoms with E-state index in [9.17, 15) is 18.0 Å². The monoisotopic (exact) mass is 465 g/mol. The van der Waals surface area contributed by atoms with Crippen molar-refractivity contribution in [2.24, 2.45) is 0 Å². The van der Waals surface area contributed by atoms with Gasteiger partial charge in [-0.2, -0.15) is 0 Å². The minimum atomic E-state index is -4.02. The fourth-order valence-corrected chi connectivity index (χ4v) is 4.61. The van der Waals surface area contributed by atoms with Crippen molar-refractivity contribution in [2.45, 2.75) is 4.90 Å². The Labute approximate surface area is 190 Å². The number of carbonyl (C=O) groups is 2. The van der Waals surface area contributed by atoms with Crippen LogP contribution in [0, 0.1) is 0 Å². The first kappa shape index (κ1) is 22.0. The van der Waals surface area contributed by atoms with Crippen molar-refractivity contribution in [3.63, 3.8) is 0 Å². The largest absolute Gasteiger partial charge is 0.454 e. The van der Waals surface area contributed by atoms with E-state index < -0.39 is 28.7 Å². The molecule has 1 aliphatic rings. The predicted molar refractivity (Wildman–Crippen MR) is 119 cm³/mol. The number of ether oxygens (including phenoxy) is 2. The number of pyridine rings is 1. The molecular formula is C23H19N3O6S. The van der Waals surface area contributed by atoms with E-state index in [0.29, 0.717) is 5.56 Å². The minimum Gasteiger partial charge on any atom is -0.454 e. The lowest BCUT2D eigenvalue weighted by Crippen LogP contribution is -2.37. The molecule has 1 amide bonds. The average Bonchev–Trinajstić information content (AvgIpc) is 2.83. The van der Waals surface area contributed by atoms with Gasteiger partial charge in [-0.05, 0) is 36.4 Å². The van der Waals surface area contributed by atoms with Crippen molar-refractivity contribution in [2.75, 3.05) is 19.2 Å². The molecule has 0 fully saturated rings. The van der Waals surface area contributed by atoms with Crippen molar-refractivity contribution in [3.8, 4) is 0 Å². The molecule has 3 aromatic rings. The van der Waals surface area contributed by atoms with E-state index in [1.807, 2.05) is 0 Å². The van der Waals surface area contributed by atoms with Gasteiger partial charge in [0.1, 0.15) is 5.82 Å². The molecule has 10 heteroatoms. The summed E-state index contributed by atoms with van der Waals surface area (Å²) < 4.78 is 37.8. The summed E-state index contributed by atoms with van der Waals surface area (Å²) in [6.07, 6.45) is 1.49. The number of nitrogens with one attached hydrogen (secondary N) is 1. The van der Waals surface area contributed by atoms with Gasteiger partial charge in [-0.15, -0.1) is 0 Å². The van der Waals surface area contributed by atoms with E-state index >= 15 is 0 Å². The number of hydrogen-bond acceptors (Lipinski definition) is 7. The van der Waals surface area contributed by atoms with Gasteiger partial charge in [-0.1, -0.05) is 36.4 Å². The van der Waals surface area contributed by atoms with Crippen LogP contribution in [0.1, 0.15) is 15.9 Å². The number of hydrogen-bond donors (Lipinski definition) is 1. The van der Waals surface area contributed by atoms with E-state index in [1.165, 1.54) is 25.4 Å². The number of likely N-dealkylation sites (N-methyl/N-ethyl adjacent to an activating group) is 1. The lowest BCUT2D eigenvalue weighted by molar-refractivity contribution is -0.113. The van der Waals surface area contributed by atoms with Crippen molar-refractivity contribution in [1.82, 2.24) is 9.29 Å². The Morgan fingerprint density at radius 3 is 2.39 bits per heavy atom. The van der Waals surface area contributed by atoms with Gasteiger partial charge in [-0.3, -0.25) is 9.10 Å². The summed E-state index contributed by atoms with van der Waals surface area (Å²) in [6.45, 7) is -0.536. The summed E-state index contributed by atoms with van der Waals surface area (Å²) in [5.74, 6) is -1.19. The van der Waals surface area contributed by atoms with Crippen LogP contribution in [0.5, 0.6) is 0 Å². The number of carbonyl (C=O) groups excluding carboxylic acids is 2. The van der Waals surface area contributed by atoms with Gasteiger partial charge < -0.3 is 14.8 Å². The number of fused-ring (bicyclic) bond motifs is 1. The highest BCUT2D eigenvalue weighted by atomic mass is 32.2. The molecule has 0 unspecified atom stereocenters. The highest BCUT2D eigenvalue weighted by molar-refractivity contribution is 7.89. The molecule has 0 atom stereocenters. The van der Waals surface area contributed by atoms with Gasteiger partial charge in [0.25, 0.3) is 15.9 Å². The van der Waals surface area contributed by atoms with E-state index in [-0.39, 0.29) is 27.7 Å². The fourth-order valence-electron chi connectivity index (χ4n) is 3.22. The average molecular weight is 465 g/mol. The van der Waals surface area contributed by atoms with Gasteiger partial charge in [0.15, 0.2) is 11.5 Å². The second-order valence-electron chi connectivity index (χ2n) is 6.88. The molecule has 1 aromatic heterocycles. The third-order valence-electron chi connectivity index (χ3n) is 4.82. The van der Waals surface area contributed by atoms with Crippen LogP contribution < -0.4 is 5.32 Å². The van der Waals surface area contributed by atoms with Crippen LogP contribution in [-0.4, -0.2) is 43.4 Å². The molecule has 0 radical (unpaired) electrons. The quantitative estimate of drug-likeness (QED) is 0.440. The zero-order chi connectivity index (χ0) is 23.4. The normalized spacial score (nSPS) is 14.3. The lowest BCUT2D eigenvalue weighted by atomic mass is 10.1. The molecular weight excluding hydrogens is 446 g/mol. The number of aromatic nitrogens is 1. The van der Waals surface area contributed by atoms with Crippen LogP contribution in [0.4, 0.5) is 5.82 Å². The van der Waals surface area contributed by atoms with Crippen LogP contribution in [0.2, 0.25) is 0 Å². The van der Waals surface area contributed by atoms with Crippen molar-refractivity contribution in [3.05, 3.63) is 95.8 Å². The number of anilines is 1. The first-order valence-electron chi connectivity index (χ1n) is 9.79. The molecule has 1 aliphatic heterocycles. The second kappa shape index (κ2) is 9.13. The Hall–Kier alpha value is -4.18. The predicted octanol–water partition coefficient (Wildman–Crippen LogP) is 2.85. The second-order valence-corrected chi connectivity index (χ2v) is 8.81. The fraction of sp³-hybridized carbons (Fsp3) is 0.0870.